The lowest BCUT2D eigenvalue weighted by Crippen LogP contribution is -2.28. The minimum absolute atomic E-state index is 0.0974. The van der Waals surface area contributed by atoms with Crippen LogP contribution in [0.3, 0.4) is 0 Å². The second-order valence-corrected chi connectivity index (χ2v) is 21.8. The van der Waals surface area contributed by atoms with Gasteiger partial charge in [-0.2, -0.15) is 0 Å². The van der Waals surface area contributed by atoms with Gasteiger partial charge < -0.3 is 14.6 Å². The molecule has 478 valence electrons. The molecule has 1 N–H and O–H groups in total. The average Bonchev–Trinajstić information content (AvgIpc) is 3.55. The van der Waals surface area contributed by atoms with Crippen molar-refractivity contribution in [3.05, 3.63) is 219 Å². The van der Waals surface area contributed by atoms with Crippen molar-refractivity contribution in [3.8, 4) is 0 Å². The maximum absolute atomic E-state index is 12.3. The normalized spacial score (nSPS) is 13.7. The van der Waals surface area contributed by atoms with E-state index in [2.05, 4.69) is 233 Å². The van der Waals surface area contributed by atoms with Gasteiger partial charge >= 0.3 is 11.9 Å². The molecule has 0 aliphatic carbocycles. The van der Waals surface area contributed by atoms with E-state index in [1.54, 1.807) is 0 Å². The summed E-state index contributed by atoms with van der Waals surface area (Å²) in [5.41, 5.74) is 0. The van der Waals surface area contributed by atoms with Gasteiger partial charge in [0.2, 0.25) is 0 Å². The number of aliphatic hydroxyl groups is 1. The monoisotopic (exact) mass is 1180 g/mol. The first-order chi connectivity index (χ1) is 42.6. The number of carbonyl (C=O) groups is 2. The number of allylic oxidation sites excluding steroid dienone is 36. The molecule has 0 amide bonds. The summed E-state index contributed by atoms with van der Waals surface area (Å²) >= 11 is 0. The Hall–Kier alpha value is -5.78. The van der Waals surface area contributed by atoms with Crippen molar-refractivity contribution in [1.29, 1.82) is 0 Å². The van der Waals surface area contributed by atoms with E-state index in [4.69, 9.17) is 9.47 Å². The molecule has 0 aliphatic rings. The van der Waals surface area contributed by atoms with Gasteiger partial charge in [0.15, 0.2) is 6.10 Å². The third-order valence-electron chi connectivity index (χ3n) is 13.8. The third-order valence-corrected chi connectivity index (χ3v) is 13.8. The molecule has 0 heterocycles. The predicted molar refractivity (Wildman–Crippen MR) is 379 cm³/mol. The molecule has 0 spiro atoms. The standard InChI is InChI=1S/C81H124O5/c1-3-5-7-9-11-13-15-17-19-21-23-25-27-29-31-33-35-37-38-39-40-41-42-44-45-47-49-51-53-55-57-59-61-63-65-67-69-71-73-75-80(83)85-78-79(77-82)86-81(84)76-74-72-70-68-66-64-62-60-58-56-54-52-50-48-46-43-36-34-32-30-28-26-24-22-20-18-16-14-12-10-8-6-4-2/h5-8,11-14,17-20,23-26,29-32,35-37,39-40,42-44,48,50,54,56,60,62,66,68,79,82H,3-4,9-10,15-16,21-22,27-28,33-34,38,41,45-47,49,51-53,55,57-59,61,63-65,67,69-78H2,1-2H3/b7-5-,8-6-,13-11-,14-12-,19-17-,20-18-,25-23-,26-24-,31-29-,32-30-,37-35-,40-39-,43-36-,44-42-,50-48-,56-54-,62-60-,68-66-. The Morgan fingerprint density at radius 3 is 0.721 bits per heavy atom. The molecule has 0 aliphatic heterocycles. The van der Waals surface area contributed by atoms with E-state index >= 15 is 0 Å². The fourth-order valence-electron chi connectivity index (χ4n) is 8.72. The highest BCUT2D eigenvalue weighted by Gasteiger charge is 2.16. The summed E-state index contributed by atoms with van der Waals surface area (Å²) < 4.78 is 10.7. The Morgan fingerprint density at radius 1 is 0.267 bits per heavy atom. The van der Waals surface area contributed by atoms with Crippen LogP contribution in [0.1, 0.15) is 258 Å². The Bertz CT molecular complexity index is 2060. The van der Waals surface area contributed by atoms with E-state index in [0.29, 0.717) is 12.8 Å². The number of aliphatic hydroxyl groups excluding tert-OH is 1. The van der Waals surface area contributed by atoms with Crippen LogP contribution in [0.5, 0.6) is 0 Å². The van der Waals surface area contributed by atoms with Crippen LogP contribution in [0.25, 0.3) is 0 Å². The lowest BCUT2D eigenvalue weighted by atomic mass is 10.0. The summed E-state index contributed by atoms with van der Waals surface area (Å²) in [6.07, 6.45) is 119. The molecule has 5 heteroatoms. The van der Waals surface area contributed by atoms with Crippen molar-refractivity contribution >= 4 is 11.9 Å². The molecule has 0 saturated carbocycles. The molecular formula is C81H124O5. The number of ether oxygens (including phenoxy) is 2. The Morgan fingerprint density at radius 2 is 0.465 bits per heavy atom. The third kappa shape index (κ3) is 70.7. The maximum Gasteiger partial charge on any atom is 0.306 e. The summed E-state index contributed by atoms with van der Waals surface area (Å²) in [6, 6.07) is 0. The van der Waals surface area contributed by atoms with Crippen molar-refractivity contribution in [3.63, 3.8) is 0 Å². The smallest absolute Gasteiger partial charge is 0.306 e. The van der Waals surface area contributed by atoms with Gasteiger partial charge in [-0.3, -0.25) is 9.59 Å². The Balaban J connectivity index is 3.63. The zero-order valence-corrected chi connectivity index (χ0v) is 54.7. The molecule has 5 nitrogen and oxygen atoms in total. The molecular weight excluding hydrogens is 1050 g/mol. The molecule has 1 unspecified atom stereocenters. The van der Waals surface area contributed by atoms with Crippen LogP contribution in [0, 0.1) is 0 Å². The molecule has 86 heavy (non-hydrogen) atoms. The quantitative estimate of drug-likeness (QED) is 0.0373. The minimum atomic E-state index is -0.814. The van der Waals surface area contributed by atoms with Gasteiger partial charge in [0.25, 0.3) is 0 Å². The number of hydrogen-bond donors (Lipinski definition) is 1. The van der Waals surface area contributed by atoms with Gasteiger partial charge in [-0.25, -0.2) is 0 Å². The van der Waals surface area contributed by atoms with Crippen LogP contribution in [0.4, 0.5) is 0 Å². The van der Waals surface area contributed by atoms with Crippen LogP contribution < -0.4 is 0 Å². The SMILES string of the molecule is CC/C=C\C/C=C\C/C=C\C/C=C\C/C=C\C/C=C\C/C=C\C/C=C\C/C=C\C/C=C\CCCCC(=O)OC(CO)COC(=O)CCCCCCCCCCCCCCCC/C=C\C/C=C\C/C=C\C/C=C\C/C=C\C/C=C\C/C=C\C/C=C\CC. The maximum atomic E-state index is 12.3. The number of carbonyl (C=O) groups excluding carboxylic acids is 2. The second kappa shape index (κ2) is 73.5. The molecule has 0 aromatic carbocycles. The fourth-order valence-corrected chi connectivity index (χ4v) is 8.72. The largest absolute Gasteiger partial charge is 0.462 e. The Kier molecular flexibility index (Phi) is 68.5. The summed E-state index contributed by atoms with van der Waals surface area (Å²) in [6.45, 7) is 3.87. The summed E-state index contributed by atoms with van der Waals surface area (Å²) in [4.78, 5) is 24.6. The molecule has 0 fully saturated rings. The van der Waals surface area contributed by atoms with Gasteiger partial charge in [-0.1, -0.05) is 310 Å². The predicted octanol–water partition coefficient (Wildman–Crippen LogP) is 24.3. The minimum Gasteiger partial charge on any atom is -0.462 e. The molecule has 0 bridgehead atoms. The van der Waals surface area contributed by atoms with Crippen LogP contribution >= 0.6 is 0 Å². The summed E-state index contributed by atoms with van der Waals surface area (Å²) in [5, 5.41) is 9.69. The van der Waals surface area contributed by atoms with Gasteiger partial charge in [0.05, 0.1) is 6.61 Å². The van der Waals surface area contributed by atoms with Gasteiger partial charge in [-0.05, 0) is 154 Å². The topological polar surface area (TPSA) is 72.8 Å². The van der Waals surface area contributed by atoms with Crippen molar-refractivity contribution in [2.24, 2.45) is 0 Å². The molecule has 1 atom stereocenters. The number of rotatable bonds is 60. The lowest BCUT2D eigenvalue weighted by molar-refractivity contribution is -0.161. The second-order valence-electron chi connectivity index (χ2n) is 21.8. The number of esters is 2. The first kappa shape index (κ1) is 80.2. The van der Waals surface area contributed by atoms with E-state index in [9.17, 15) is 14.7 Å². The summed E-state index contributed by atoms with van der Waals surface area (Å²) in [5.74, 6) is -0.655. The highest BCUT2D eigenvalue weighted by Crippen LogP contribution is 2.15. The van der Waals surface area contributed by atoms with E-state index in [0.717, 1.165) is 148 Å². The first-order valence-electron chi connectivity index (χ1n) is 34.3. The fraction of sp³-hybridized carbons (Fsp3) is 0.531. The van der Waals surface area contributed by atoms with Crippen molar-refractivity contribution < 1.29 is 24.2 Å². The highest BCUT2D eigenvalue weighted by molar-refractivity contribution is 5.70. The molecule has 0 aromatic rings. The van der Waals surface area contributed by atoms with Crippen molar-refractivity contribution in [1.82, 2.24) is 0 Å². The highest BCUT2D eigenvalue weighted by atomic mass is 16.6. The van der Waals surface area contributed by atoms with E-state index < -0.39 is 6.10 Å². The van der Waals surface area contributed by atoms with Crippen molar-refractivity contribution in [2.75, 3.05) is 13.2 Å². The van der Waals surface area contributed by atoms with Crippen LogP contribution in [-0.2, 0) is 19.1 Å². The first-order valence-corrected chi connectivity index (χ1v) is 34.3. The number of hydrogen-bond acceptors (Lipinski definition) is 5. The van der Waals surface area contributed by atoms with E-state index in [1.807, 2.05) is 0 Å². The van der Waals surface area contributed by atoms with Crippen LogP contribution in [0.2, 0.25) is 0 Å². The summed E-state index contributed by atoms with van der Waals surface area (Å²) in [7, 11) is 0. The Labute approximate surface area is 529 Å². The van der Waals surface area contributed by atoms with Crippen molar-refractivity contribution in [2.45, 2.75) is 264 Å². The van der Waals surface area contributed by atoms with Gasteiger partial charge in [-0.15, -0.1) is 0 Å². The molecule has 0 saturated heterocycles. The lowest BCUT2D eigenvalue weighted by Gasteiger charge is -2.15. The van der Waals surface area contributed by atoms with Gasteiger partial charge in [0, 0.05) is 12.8 Å². The zero-order valence-electron chi connectivity index (χ0n) is 54.7. The molecule has 0 aromatic heterocycles. The van der Waals surface area contributed by atoms with E-state index in [-0.39, 0.29) is 31.6 Å². The van der Waals surface area contributed by atoms with Gasteiger partial charge in [0.1, 0.15) is 6.61 Å². The van der Waals surface area contributed by atoms with Crippen LogP contribution in [0.15, 0.2) is 219 Å². The van der Waals surface area contributed by atoms with E-state index in [1.165, 1.54) is 77.0 Å². The zero-order chi connectivity index (χ0) is 61.9. The molecule has 0 radical (unpaired) electrons. The molecule has 0 rings (SSSR count). The number of unbranched alkanes of at least 4 members (excludes halogenated alkanes) is 16. The van der Waals surface area contributed by atoms with Crippen LogP contribution in [-0.4, -0.2) is 36.4 Å². The average molecular weight is 1180 g/mol.